The van der Waals surface area contributed by atoms with Crippen molar-refractivity contribution < 1.29 is 13.2 Å². The fourth-order valence-corrected chi connectivity index (χ4v) is 4.24. The van der Waals surface area contributed by atoms with Crippen LogP contribution >= 0.6 is 0 Å². The van der Waals surface area contributed by atoms with E-state index in [-0.39, 0.29) is 22.6 Å². The number of carbonyl (C=O) groups excluding carboxylic acids is 1. The molecule has 1 unspecified atom stereocenters. The van der Waals surface area contributed by atoms with Gasteiger partial charge in [-0.05, 0) is 30.2 Å². The first kappa shape index (κ1) is 16.7. The van der Waals surface area contributed by atoms with Gasteiger partial charge in [0.1, 0.15) is 0 Å². The monoisotopic (exact) mass is 344 g/mol. The van der Waals surface area contributed by atoms with Crippen molar-refractivity contribution in [2.45, 2.75) is 23.1 Å². The molecule has 0 aromatic heterocycles. The van der Waals surface area contributed by atoms with Gasteiger partial charge in [-0.2, -0.15) is 0 Å². The molecule has 24 heavy (non-hydrogen) atoms. The number of hydrogen-bond acceptors (Lipinski definition) is 4. The van der Waals surface area contributed by atoms with Gasteiger partial charge in [0.25, 0.3) is 5.91 Å². The van der Waals surface area contributed by atoms with E-state index in [2.05, 4.69) is 0 Å². The second-order valence-electron chi connectivity index (χ2n) is 6.07. The van der Waals surface area contributed by atoms with Gasteiger partial charge in [0, 0.05) is 24.7 Å². The SMILES string of the molecule is NC1CCN(C(=O)c2cccc(S(=O)(=O)Cc3ccccc3)c2)C1. The zero-order chi connectivity index (χ0) is 17.2. The number of nitrogens with zero attached hydrogens (tertiary/aromatic N) is 1. The van der Waals surface area contributed by atoms with E-state index >= 15 is 0 Å². The van der Waals surface area contributed by atoms with Crippen LogP contribution in [0.4, 0.5) is 0 Å². The predicted octanol–water partition coefficient (Wildman–Crippen LogP) is 1.83. The van der Waals surface area contributed by atoms with E-state index in [1.807, 2.05) is 6.07 Å². The summed E-state index contributed by atoms with van der Waals surface area (Å²) in [6.45, 7) is 1.13. The lowest BCUT2D eigenvalue weighted by Gasteiger charge is -2.16. The van der Waals surface area contributed by atoms with Gasteiger partial charge in [0.05, 0.1) is 10.6 Å². The number of amides is 1. The van der Waals surface area contributed by atoms with Crippen molar-refractivity contribution in [2.24, 2.45) is 5.73 Å². The van der Waals surface area contributed by atoms with Crippen LogP contribution in [0.2, 0.25) is 0 Å². The normalized spacial score (nSPS) is 17.9. The Morgan fingerprint density at radius 3 is 2.54 bits per heavy atom. The molecule has 0 saturated carbocycles. The van der Waals surface area contributed by atoms with Gasteiger partial charge in [-0.15, -0.1) is 0 Å². The lowest BCUT2D eigenvalue weighted by Crippen LogP contribution is -2.31. The summed E-state index contributed by atoms with van der Waals surface area (Å²) in [5.41, 5.74) is 6.95. The van der Waals surface area contributed by atoms with Gasteiger partial charge in [0.15, 0.2) is 9.84 Å². The van der Waals surface area contributed by atoms with Crippen molar-refractivity contribution in [1.29, 1.82) is 0 Å². The number of carbonyl (C=O) groups is 1. The smallest absolute Gasteiger partial charge is 0.253 e. The van der Waals surface area contributed by atoms with E-state index in [0.717, 1.165) is 12.0 Å². The summed E-state index contributed by atoms with van der Waals surface area (Å²) in [5.74, 6) is -0.250. The van der Waals surface area contributed by atoms with E-state index in [4.69, 9.17) is 5.73 Å². The highest BCUT2D eigenvalue weighted by Gasteiger charge is 2.25. The molecule has 0 radical (unpaired) electrons. The highest BCUT2D eigenvalue weighted by molar-refractivity contribution is 7.90. The standard InChI is InChI=1S/C18H20N2O3S/c19-16-9-10-20(12-16)18(21)15-7-4-8-17(11-15)24(22,23)13-14-5-2-1-3-6-14/h1-8,11,16H,9-10,12-13,19H2. The molecule has 126 valence electrons. The molecule has 1 aliphatic heterocycles. The largest absolute Gasteiger partial charge is 0.337 e. The summed E-state index contributed by atoms with van der Waals surface area (Å²) >= 11 is 0. The van der Waals surface area contributed by atoms with E-state index in [0.29, 0.717) is 18.7 Å². The molecule has 2 aromatic carbocycles. The molecule has 6 heteroatoms. The molecule has 1 aliphatic rings. The van der Waals surface area contributed by atoms with E-state index in [9.17, 15) is 13.2 Å². The second kappa shape index (κ2) is 6.75. The van der Waals surface area contributed by atoms with Crippen LogP contribution in [-0.4, -0.2) is 38.4 Å². The molecule has 1 atom stereocenters. The number of hydrogen-bond donors (Lipinski definition) is 1. The molecule has 2 N–H and O–H groups in total. The predicted molar refractivity (Wildman–Crippen MR) is 92.3 cm³/mol. The minimum Gasteiger partial charge on any atom is -0.337 e. The Hall–Kier alpha value is -2.18. The van der Waals surface area contributed by atoms with Crippen LogP contribution in [-0.2, 0) is 15.6 Å². The average Bonchev–Trinajstić information content (AvgIpc) is 3.01. The molecule has 1 amide bonds. The van der Waals surface area contributed by atoms with Crippen LogP contribution in [0.5, 0.6) is 0 Å². The van der Waals surface area contributed by atoms with Crippen molar-refractivity contribution >= 4 is 15.7 Å². The number of sulfone groups is 1. The first-order valence-electron chi connectivity index (χ1n) is 7.87. The third-order valence-corrected chi connectivity index (χ3v) is 5.84. The molecule has 5 nitrogen and oxygen atoms in total. The Kier molecular flexibility index (Phi) is 4.69. The van der Waals surface area contributed by atoms with Crippen molar-refractivity contribution in [2.75, 3.05) is 13.1 Å². The van der Waals surface area contributed by atoms with Crippen LogP contribution in [0.25, 0.3) is 0 Å². The highest BCUT2D eigenvalue weighted by atomic mass is 32.2. The lowest BCUT2D eigenvalue weighted by molar-refractivity contribution is 0.0790. The number of nitrogens with two attached hydrogens (primary N) is 1. The van der Waals surface area contributed by atoms with Gasteiger partial charge >= 0.3 is 0 Å². The Morgan fingerprint density at radius 2 is 1.88 bits per heavy atom. The summed E-state index contributed by atoms with van der Waals surface area (Å²) in [4.78, 5) is 14.3. The Balaban J connectivity index is 1.83. The molecule has 1 fully saturated rings. The van der Waals surface area contributed by atoms with Crippen molar-refractivity contribution in [3.05, 3.63) is 65.7 Å². The maximum absolute atomic E-state index is 12.6. The van der Waals surface area contributed by atoms with Gasteiger partial charge in [-0.25, -0.2) is 8.42 Å². The third-order valence-electron chi connectivity index (χ3n) is 4.15. The summed E-state index contributed by atoms with van der Waals surface area (Å²) in [7, 11) is -3.50. The Morgan fingerprint density at radius 1 is 1.12 bits per heavy atom. The average molecular weight is 344 g/mol. The summed E-state index contributed by atoms with van der Waals surface area (Å²) in [6.07, 6.45) is 0.776. The minimum absolute atomic E-state index is 0.000976. The zero-order valence-corrected chi connectivity index (χ0v) is 14.1. The van der Waals surface area contributed by atoms with Crippen LogP contribution in [0.15, 0.2) is 59.5 Å². The van der Waals surface area contributed by atoms with Gasteiger partial charge < -0.3 is 10.6 Å². The Labute approximate surface area is 142 Å². The number of likely N-dealkylation sites (tertiary alicyclic amines) is 1. The summed E-state index contributed by atoms with van der Waals surface area (Å²) in [6, 6.07) is 15.3. The first-order chi connectivity index (χ1) is 11.5. The van der Waals surface area contributed by atoms with E-state index in [1.165, 1.54) is 12.1 Å². The number of rotatable bonds is 4. The van der Waals surface area contributed by atoms with Gasteiger partial charge in [-0.1, -0.05) is 36.4 Å². The first-order valence-corrected chi connectivity index (χ1v) is 9.52. The number of benzene rings is 2. The topological polar surface area (TPSA) is 80.5 Å². The van der Waals surface area contributed by atoms with Crippen molar-refractivity contribution in [3.8, 4) is 0 Å². The molecule has 0 aliphatic carbocycles. The quantitative estimate of drug-likeness (QED) is 0.918. The highest BCUT2D eigenvalue weighted by Crippen LogP contribution is 2.20. The zero-order valence-electron chi connectivity index (χ0n) is 13.3. The lowest BCUT2D eigenvalue weighted by atomic mass is 10.2. The second-order valence-corrected chi connectivity index (χ2v) is 8.06. The van der Waals surface area contributed by atoms with E-state index in [1.54, 1.807) is 41.3 Å². The molecule has 0 spiro atoms. The van der Waals surface area contributed by atoms with Crippen LogP contribution in [0.3, 0.4) is 0 Å². The summed E-state index contributed by atoms with van der Waals surface area (Å²) in [5, 5.41) is 0. The molecule has 1 saturated heterocycles. The van der Waals surface area contributed by atoms with Gasteiger partial charge in [-0.3, -0.25) is 4.79 Å². The molecule has 1 heterocycles. The van der Waals surface area contributed by atoms with Crippen molar-refractivity contribution in [3.63, 3.8) is 0 Å². The molecular weight excluding hydrogens is 324 g/mol. The van der Waals surface area contributed by atoms with Crippen LogP contribution < -0.4 is 5.73 Å². The fourth-order valence-electron chi connectivity index (χ4n) is 2.85. The molecular formula is C18H20N2O3S. The minimum atomic E-state index is -3.50. The Bertz CT molecular complexity index is 834. The van der Waals surface area contributed by atoms with Crippen LogP contribution in [0, 0.1) is 0 Å². The van der Waals surface area contributed by atoms with E-state index < -0.39 is 9.84 Å². The summed E-state index contributed by atoms with van der Waals surface area (Å²) < 4.78 is 25.2. The molecule has 3 rings (SSSR count). The van der Waals surface area contributed by atoms with Crippen molar-refractivity contribution in [1.82, 2.24) is 4.90 Å². The third kappa shape index (κ3) is 3.66. The molecule has 0 bridgehead atoms. The maximum atomic E-state index is 12.6. The maximum Gasteiger partial charge on any atom is 0.253 e. The molecule has 2 aromatic rings. The van der Waals surface area contributed by atoms with Gasteiger partial charge in [0.2, 0.25) is 0 Å². The fraction of sp³-hybridized carbons (Fsp3) is 0.278. The van der Waals surface area contributed by atoms with Crippen LogP contribution in [0.1, 0.15) is 22.3 Å².